The zero-order valence-corrected chi connectivity index (χ0v) is 10.4. The third-order valence-corrected chi connectivity index (χ3v) is 2.17. The number of hydrogen-bond donors (Lipinski definition) is 2. The molecule has 0 spiro atoms. The zero-order chi connectivity index (χ0) is 12.7. The molecule has 0 aliphatic carbocycles. The molecule has 0 aliphatic rings. The minimum absolute atomic E-state index is 0.0849. The van der Waals surface area contributed by atoms with Gasteiger partial charge in [0.15, 0.2) is 0 Å². The molecule has 6 heteroatoms. The van der Waals surface area contributed by atoms with Crippen molar-refractivity contribution >= 4 is 11.7 Å². The average Bonchev–Trinajstić information content (AvgIpc) is 2.29. The molecule has 0 radical (unpaired) electrons. The van der Waals surface area contributed by atoms with Gasteiger partial charge < -0.3 is 15.4 Å². The number of nitrogens with one attached hydrogen (secondary N) is 2. The number of rotatable bonds is 6. The van der Waals surface area contributed by atoms with Crippen molar-refractivity contribution in [2.75, 3.05) is 25.6 Å². The summed E-state index contributed by atoms with van der Waals surface area (Å²) in [6, 6.07) is 1.44. The topological polar surface area (TPSA) is 76.1 Å². The SMILES string of the molecule is COCCNC(=O)C(C)Nc1cc(C)ncn1. The zero-order valence-electron chi connectivity index (χ0n) is 10.4. The molecule has 1 aromatic heterocycles. The van der Waals surface area contributed by atoms with Gasteiger partial charge in [0, 0.05) is 25.4 Å². The summed E-state index contributed by atoms with van der Waals surface area (Å²) in [6.07, 6.45) is 1.47. The van der Waals surface area contributed by atoms with Gasteiger partial charge in [0.2, 0.25) is 5.91 Å². The maximum atomic E-state index is 11.6. The van der Waals surface area contributed by atoms with Crippen LogP contribution in [0.5, 0.6) is 0 Å². The Morgan fingerprint density at radius 1 is 1.53 bits per heavy atom. The Morgan fingerprint density at radius 3 is 2.94 bits per heavy atom. The number of anilines is 1. The molecular formula is C11H18N4O2. The molecule has 17 heavy (non-hydrogen) atoms. The van der Waals surface area contributed by atoms with Gasteiger partial charge in [-0.05, 0) is 13.8 Å². The Labute approximate surface area is 101 Å². The third-order valence-electron chi connectivity index (χ3n) is 2.17. The molecule has 1 amide bonds. The van der Waals surface area contributed by atoms with E-state index in [-0.39, 0.29) is 11.9 Å². The lowest BCUT2D eigenvalue weighted by Gasteiger charge is -2.14. The number of hydrogen-bond acceptors (Lipinski definition) is 5. The van der Waals surface area contributed by atoms with Crippen LogP contribution in [-0.2, 0) is 9.53 Å². The first-order valence-corrected chi connectivity index (χ1v) is 5.45. The molecule has 1 rings (SSSR count). The Kier molecular flexibility index (Phi) is 5.35. The van der Waals surface area contributed by atoms with E-state index in [1.165, 1.54) is 6.33 Å². The highest BCUT2D eigenvalue weighted by Crippen LogP contribution is 2.04. The Morgan fingerprint density at radius 2 is 2.29 bits per heavy atom. The maximum Gasteiger partial charge on any atom is 0.242 e. The fourth-order valence-corrected chi connectivity index (χ4v) is 1.25. The summed E-state index contributed by atoms with van der Waals surface area (Å²) >= 11 is 0. The monoisotopic (exact) mass is 238 g/mol. The summed E-state index contributed by atoms with van der Waals surface area (Å²) < 4.78 is 4.85. The largest absolute Gasteiger partial charge is 0.383 e. The van der Waals surface area contributed by atoms with Gasteiger partial charge in [0.1, 0.15) is 18.2 Å². The van der Waals surface area contributed by atoms with Crippen LogP contribution in [0.4, 0.5) is 5.82 Å². The van der Waals surface area contributed by atoms with Gasteiger partial charge in [-0.2, -0.15) is 0 Å². The van der Waals surface area contributed by atoms with Crippen LogP contribution in [-0.4, -0.2) is 42.2 Å². The summed E-state index contributed by atoms with van der Waals surface area (Å²) in [4.78, 5) is 19.7. The lowest BCUT2D eigenvalue weighted by atomic mass is 10.3. The van der Waals surface area contributed by atoms with Crippen LogP contribution >= 0.6 is 0 Å². The van der Waals surface area contributed by atoms with Crippen molar-refractivity contribution in [1.29, 1.82) is 0 Å². The van der Waals surface area contributed by atoms with Crippen LogP contribution < -0.4 is 10.6 Å². The van der Waals surface area contributed by atoms with Crippen molar-refractivity contribution in [3.63, 3.8) is 0 Å². The maximum absolute atomic E-state index is 11.6. The number of methoxy groups -OCH3 is 1. The molecule has 1 atom stereocenters. The first-order valence-electron chi connectivity index (χ1n) is 5.45. The molecule has 0 saturated heterocycles. The summed E-state index contributed by atoms with van der Waals surface area (Å²) in [5.74, 6) is 0.560. The Bertz CT molecular complexity index is 370. The van der Waals surface area contributed by atoms with Crippen molar-refractivity contribution in [3.05, 3.63) is 18.1 Å². The second-order valence-corrected chi connectivity index (χ2v) is 3.69. The van der Waals surface area contributed by atoms with Crippen molar-refractivity contribution in [2.45, 2.75) is 19.9 Å². The summed E-state index contributed by atoms with van der Waals surface area (Å²) in [5, 5.41) is 5.75. The number of nitrogens with zero attached hydrogens (tertiary/aromatic N) is 2. The lowest BCUT2D eigenvalue weighted by Crippen LogP contribution is -2.39. The van der Waals surface area contributed by atoms with Crippen molar-refractivity contribution in [2.24, 2.45) is 0 Å². The fraction of sp³-hybridized carbons (Fsp3) is 0.545. The van der Waals surface area contributed by atoms with Gasteiger partial charge in [-0.1, -0.05) is 0 Å². The van der Waals surface area contributed by atoms with E-state index in [1.54, 1.807) is 20.1 Å². The molecular weight excluding hydrogens is 220 g/mol. The summed E-state index contributed by atoms with van der Waals surface area (Å²) in [7, 11) is 1.59. The molecule has 6 nitrogen and oxygen atoms in total. The molecule has 0 fully saturated rings. The van der Waals surface area contributed by atoms with E-state index in [0.717, 1.165) is 5.69 Å². The van der Waals surface area contributed by atoms with E-state index in [1.807, 2.05) is 6.92 Å². The van der Waals surface area contributed by atoms with Crippen molar-refractivity contribution in [3.8, 4) is 0 Å². The first kappa shape index (κ1) is 13.4. The van der Waals surface area contributed by atoms with Crippen LogP contribution in [0.3, 0.4) is 0 Å². The molecule has 1 unspecified atom stereocenters. The standard InChI is InChI=1S/C11H18N4O2/c1-8-6-10(14-7-13-8)15-9(2)11(16)12-4-5-17-3/h6-7,9H,4-5H2,1-3H3,(H,12,16)(H,13,14,15). The molecule has 0 bridgehead atoms. The molecule has 1 aromatic rings. The minimum Gasteiger partial charge on any atom is -0.383 e. The van der Waals surface area contributed by atoms with E-state index in [9.17, 15) is 4.79 Å². The second-order valence-electron chi connectivity index (χ2n) is 3.69. The van der Waals surface area contributed by atoms with Crippen LogP contribution in [0.1, 0.15) is 12.6 Å². The Balaban J connectivity index is 2.43. The highest BCUT2D eigenvalue weighted by molar-refractivity contribution is 5.83. The molecule has 94 valence electrons. The fourth-order valence-electron chi connectivity index (χ4n) is 1.25. The van der Waals surface area contributed by atoms with Crippen LogP contribution in [0.2, 0.25) is 0 Å². The van der Waals surface area contributed by atoms with E-state index >= 15 is 0 Å². The summed E-state index contributed by atoms with van der Waals surface area (Å²) in [6.45, 7) is 4.66. The van der Waals surface area contributed by atoms with Gasteiger partial charge in [-0.15, -0.1) is 0 Å². The number of ether oxygens (including phenoxy) is 1. The van der Waals surface area contributed by atoms with Gasteiger partial charge in [-0.3, -0.25) is 4.79 Å². The second kappa shape index (κ2) is 6.80. The number of amides is 1. The third kappa shape index (κ3) is 4.78. The van der Waals surface area contributed by atoms with E-state index in [0.29, 0.717) is 19.0 Å². The van der Waals surface area contributed by atoms with Crippen molar-refractivity contribution in [1.82, 2.24) is 15.3 Å². The number of carbonyl (C=O) groups is 1. The quantitative estimate of drug-likeness (QED) is 0.699. The van der Waals surface area contributed by atoms with E-state index in [2.05, 4.69) is 20.6 Å². The highest BCUT2D eigenvalue weighted by Gasteiger charge is 2.12. The first-order chi connectivity index (χ1) is 8.13. The number of carbonyl (C=O) groups excluding carboxylic acids is 1. The predicted molar refractivity (Wildman–Crippen MR) is 64.7 cm³/mol. The molecule has 0 saturated carbocycles. The highest BCUT2D eigenvalue weighted by atomic mass is 16.5. The lowest BCUT2D eigenvalue weighted by molar-refractivity contribution is -0.121. The predicted octanol–water partition coefficient (Wildman–Crippen LogP) is 0.348. The van der Waals surface area contributed by atoms with Gasteiger partial charge >= 0.3 is 0 Å². The number of aryl methyl sites for hydroxylation is 1. The van der Waals surface area contributed by atoms with Crippen molar-refractivity contribution < 1.29 is 9.53 Å². The molecule has 0 aliphatic heterocycles. The molecule has 2 N–H and O–H groups in total. The van der Waals surface area contributed by atoms with Crippen LogP contribution in [0.25, 0.3) is 0 Å². The smallest absolute Gasteiger partial charge is 0.242 e. The van der Waals surface area contributed by atoms with Crippen LogP contribution in [0.15, 0.2) is 12.4 Å². The van der Waals surface area contributed by atoms with Gasteiger partial charge in [-0.25, -0.2) is 9.97 Å². The molecule has 1 heterocycles. The normalized spacial score (nSPS) is 11.9. The minimum atomic E-state index is -0.346. The van der Waals surface area contributed by atoms with Gasteiger partial charge in [0.25, 0.3) is 0 Å². The van der Waals surface area contributed by atoms with Gasteiger partial charge in [0.05, 0.1) is 6.61 Å². The van der Waals surface area contributed by atoms with E-state index < -0.39 is 0 Å². The molecule has 0 aromatic carbocycles. The van der Waals surface area contributed by atoms with Crippen LogP contribution in [0, 0.1) is 6.92 Å². The summed E-state index contributed by atoms with van der Waals surface area (Å²) in [5.41, 5.74) is 0.856. The Hall–Kier alpha value is -1.69. The number of aromatic nitrogens is 2. The van der Waals surface area contributed by atoms with E-state index in [4.69, 9.17) is 4.74 Å². The average molecular weight is 238 g/mol.